The van der Waals surface area contributed by atoms with E-state index in [1.165, 1.54) is 10.4 Å². The average Bonchev–Trinajstić information content (AvgIpc) is 3.29. The molecule has 3 aromatic heterocycles. The monoisotopic (exact) mass is 372 g/mol. The summed E-state index contributed by atoms with van der Waals surface area (Å²) in [6.07, 6.45) is 4.89. The molecule has 4 heterocycles. The van der Waals surface area contributed by atoms with E-state index in [0.29, 0.717) is 10.8 Å². The number of H-pyrrole nitrogens is 1. The Labute approximate surface area is 155 Å². The third-order valence-electron chi connectivity index (χ3n) is 4.59. The van der Waals surface area contributed by atoms with E-state index >= 15 is 0 Å². The van der Waals surface area contributed by atoms with Gasteiger partial charge in [-0.2, -0.15) is 4.98 Å². The van der Waals surface area contributed by atoms with Gasteiger partial charge in [-0.3, -0.25) is 10.00 Å². The molecule has 0 radical (unpaired) electrons. The second-order valence-electron chi connectivity index (χ2n) is 6.28. The number of hydrogen-bond acceptors (Lipinski definition) is 5. The zero-order chi connectivity index (χ0) is 17.4. The van der Waals surface area contributed by atoms with Crippen molar-refractivity contribution in [1.29, 1.82) is 0 Å². The molecule has 130 valence electrons. The van der Waals surface area contributed by atoms with Gasteiger partial charge >= 0.3 is 0 Å². The van der Waals surface area contributed by atoms with Crippen LogP contribution in [0.5, 0.6) is 0 Å². The van der Waals surface area contributed by atoms with Crippen molar-refractivity contribution in [2.75, 3.05) is 6.54 Å². The summed E-state index contributed by atoms with van der Waals surface area (Å²) in [4.78, 5) is 8.36. The van der Waals surface area contributed by atoms with Crippen LogP contribution in [0.1, 0.15) is 40.8 Å². The first kappa shape index (κ1) is 16.5. The molecule has 0 aromatic carbocycles. The Balaban J connectivity index is 1.49. The lowest BCUT2D eigenvalue weighted by Crippen LogP contribution is -2.35. The first-order valence-corrected chi connectivity index (χ1v) is 9.60. The number of rotatable bonds is 4. The van der Waals surface area contributed by atoms with Gasteiger partial charge in [0.25, 0.3) is 0 Å². The van der Waals surface area contributed by atoms with E-state index < -0.39 is 0 Å². The van der Waals surface area contributed by atoms with Crippen LogP contribution in [0.25, 0.3) is 12.2 Å². The molecule has 7 heteroatoms. The minimum Gasteiger partial charge on any atom is -0.462 e. The number of fused-ring (bicyclic) bond motifs is 1. The number of nitrogens with zero attached hydrogens (tertiary/aromatic N) is 3. The number of thiophene rings is 1. The van der Waals surface area contributed by atoms with Crippen molar-refractivity contribution in [3.63, 3.8) is 0 Å². The highest BCUT2D eigenvalue weighted by Gasteiger charge is 2.25. The quantitative estimate of drug-likeness (QED) is 0.677. The molecule has 0 saturated heterocycles. The van der Waals surface area contributed by atoms with Gasteiger partial charge in [0.2, 0.25) is 4.77 Å². The Hall–Kier alpha value is -1.96. The molecule has 4 rings (SSSR count). The highest BCUT2D eigenvalue weighted by atomic mass is 32.1. The first-order chi connectivity index (χ1) is 12.1. The second kappa shape index (κ2) is 6.74. The Kier molecular flexibility index (Phi) is 4.45. The van der Waals surface area contributed by atoms with E-state index in [9.17, 15) is 0 Å². The molecule has 1 unspecified atom stereocenters. The van der Waals surface area contributed by atoms with Crippen LogP contribution in [0.2, 0.25) is 0 Å². The lowest BCUT2D eigenvalue weighted by molar-refractivity contribution is 0.144. The van der Waals surface area contributed by atoms with Crippen molar-refractivity contribution >= 4 is 35.7 Å². The van der Waals surface area contributed by atoms with Gasteiger partial charge in [0, 0.05) is 17.5 Å². The van der Waals surface area contributed by atoms with Crippen LogP contribution in [0, 0.1) is 11.7 Å². The van der Waals surface area contributed by atoms with Crippen LogP contribution >= 0.6 is 23.6 Å². The van der Waals surface area contributed by atoms with E-state index in [1.807, 2.05) is 47.2 Å². The summed E-state index contributed by atoms with van der Waals surface area (Å²) in [5.41, 5.74) is 1.44. The molecule has 1 N–H and O–H groups in total. The van der Waals surface area contributed by atoms with Crippen molar-refractivity contribution in [1.82, 2.24) is 19.7 Å². The largest absolute Gasteiger partial charge is 0.462 e. The van der Waals surface area contributed by atoms with Gasteiger partial charge in [-0.15, -0.1) is 11.3 Å². The maximum atomic E-state index is 5.53. The molecule has 0 aliphatic carbocycles. The molecule has 1 atom stereocenters. The van der Waals surface area contributed by atoms with Gasteiger partial charge in [-0.25, -0.2) is 4.68 Å². The molecule has 5 nitrogen and oxygen atoms in total. The SMILES string of the molecule is Cc1ccc(/C=C/c2nc(=S)n(CN3CCc4sccc4C3C)[nH]2)o1. The predicted octanol–water partition coefficient (Wildman–Crippen LogP) is 4.65. The van der Waals surface area contributed by atoms with Crippen molar-refractivity contribution in [2.24, 2.45) is 0 Å². The fraction of sp³-hybridized carbons (Fsp3) is 0.333. The zero-order valence-corrected chi connectivity index (χ0v) is 15.9. The molecule has 0 saturated carbocycles. The third kappa shape index (κ3) is 3.40. The van der Waals surface area contributed by atoms with Gasteiger partial charge in [0.15, 0.2) is 0 Å². The maximum absolute atomic E-state index is 5.53. The van der Waals surface area contributed by atoms with Crippen molar-refractivity contribution in [2.45, 2.75) is 33.0 Å². The van der Waals surface area contributed by atoms with E-state index in [4.69, 9.17) is 16.6 Å². The average molecular weight is 373 g/mol. The van der Waals surface area contributed by atoms with Gasteiger partial charge in [0.05, 0.1) is 6.67 Å². The number of aromatic nitrogens is 3. The van der Waals surface area contributed by atoms with Gasteiger partial charge in [-0.1, -0.05) is 0 Å². The molecule has 25 heavy (non-hydrogen) atoms. The number of aryl methyl sites for hydroxylation is 1. The van der Waals surface area contributed by atoms with E-state index in [0.717, 1.165) is 37.0 Å². The summed E-state index contributed by atoms with van der Waals surface area (Å²) in [7, 11) is 0. The highest BCUT2D eigenvalue weighted by Crippen LogP contribution is 2.32. The fourth-order valence-corrected chi connectivity index (χ4v) is 4.35. The van der Waals surface area contributed by atoms with Crippen LogP contribution in [-0.2, 0) is 13.1 Å². The van der Waals surface area contributed by atoms with E-state index in [-0.39, 0.29) is 0 Å². The highest BCUT2D eigenvalue weighted by molar-refractivity contribution is 7.71. The summed E-state index contributed by atoms with van der Waals surface area (Å²) in [5, 5.41) is 5.46. The summed E-state index contributed by atoms with van der Waals surface area (Å²) >= 11 is 7.27. The number of furan rings is 1. The number of nitrogens with one attached hydrogen (secondary N) is 1. The standard InChI is InChI=1S/C18H20N4OS2/c1-12-3-4-14(23-12)5-6-17-19-18(24)22(20-17)11-21-9-7-16-15(13(21)2)8-10-25-16/h3-6,8,10,13H,7,9,11H2,1-2H3,(H,19,20,24)/b6-5+. The Morgan fingerprint density at radius 1 is 1.40 bits per heavy atom. The maximum Gasteiger partial charge on any atom is 0.217 e. The predicted molar refractivity (Wildman–Crippen MR) is 103 cm³/mol. The molecule has 0 spiro atoms. The summed E-state index contributed by atoms with van der Waals surface area (Å²) in [6, 6.07) is 6.51. The zero-order valence-electron chi connectivity index (χ0n) is 14.2. The van der Waals surface area contributed by atoms with Gasteiger partial charge in [-0.05, 0) is 73.8 Å². The number of aromatic amines is 1. The van der Waals surface area contributed by atoms with Gasteiger partial charge in [0.1, 0.15) is 17.3 Å². The molecular formula is C18H20N4OS2. The fourth-order valence-electron chi connectivity index (χ4n) is 3.19. The molecule has 0 amide bonds. The normalized spacial score (nSPS) is 18.1. The van der Waals surface area contributed by atoms with Crippen LogP contribution in [0.3, 0.4) is 0 Å². The lowest BCUT2D eigenvalue weighted by Gasteiger charge is -2.33. The first-order valence-electron chi connectivity index (χ1n) is 8.32. The molecule has 0 bridgehead atoms. The van der Waals surface area contributed by atoms with Gasteiger partial charge < -0.3 is 4.42 Å². The third-order valence-corrected chi connectivity index (χ3v) is 5.90. The minimum atomic E-state index is 0.394. The Morgan fingerprint density at radius 2 is 2.28 bits per heavy atom. The Morgan fingerprint density at radius 3 is 3.08 bits per heavy atom. The van der Waals surface area contributed by atoms with Crippen LogP contribution in [-0.4, -0.2) is 26.2 Å². The van der Waals surface area contributed by atoms with Crippen molar-refractivity contribution in [3.8, 4) is 0 Å². The van der Waals surface area contributed by atoms with Crippen LogP contribution < -0.4 is 0 Å². The molecular weight excluding hydrogens is 352 g/mol. The smallest absolute Gasteiger partial charge is 0.217 e. The summed E-state index contributed by atoms with van der Waals surface area (Å²) in [6.45, 7) is 5.94. The molecule has 3 aromatic rings. The minimum absolute atomic E-state index is 0.394. The lowest BCUT2D eigenvalue weighted by atomic mass is 10.0. The van der Waals surface area contributed by atoms with Crippen LogP contribution in [0.4, 0.5) is 0 Å². The van der Waals surface area contributed by atoms with E-state index in [1.54, 1.807) is 0 Å². The van der Waals surface area contributed by atoms with Crippen LogP contribution in [0.15, 0.2) is 28.0 Å². The molecule has 1 aliphatic heterocycles. The molecule has 1 aliphatic rings. The summed E-state index contributed by atoms with van der Waals surface area (Å²) in [5.74, 6) is 2.44. The second-order valence-corrected chi connectivity index (χ2v) is 7.65. The van der Waals surface area contributed by atoms with Crippen molar-refractivity contribution in [3.05, 3.63) is 56.1 Å². The summed E-state index contributed by atoms with van der Waals surface area (Å²) < 4.78 is 8.03. The molecule has 0 fully saturated rings. The Bertz CT molecular complexity index is 962. The van der Waals surface area contributed by atoms with Crippen molar-refractivity contribution < 1.29 is 4.42 Å². The van der Waals surface area contributed by atoms with E-state index in [2.05, 4.69) is 33.4 Å². The topological polar surface area (TPSA) is 50.0 Å². The number of hydrogen-bond donors (Lipinski definition) is 1.